The van der Waals surface area contributed by atoms with E-state index in [2.05, 4.69) is 45.5 Å². The van der Waals surface area contributed by atoms with Crippen LogP contribution in [0.5, 0.6) is 0 Å². The minimum absolute atomic E-state index is 0.00258. The molecule has 2 aromatic rings. The summed E-state index contributed by atoms with van der Waals surface area (Å²) >= 11 is 0. The number of aryl methyl sites for hydroxylation is 1. The molecule has 1 aliphatic heterocycles. The van der Waals surface area contributed by atoms with Crippen LogP contribution >= 0.6 is 0 Å². The van der Waals surface area contributed by atoms with E-state index < -0.39 is 0 Å². The Balaban J connectivity index is 1.72. The van der Waals surface area contributed by atoms with Gasteiger partial charge in [0.25, 0.3) is 0 Å². The molecule has 0 aliphatic carbocycles. The third-order valence-electron chi connectivity index (χ3n) is 4.06. The molecule has 0 spiro atoms. The van der Waals surface area contributed by atoms with E-state index in [0.717, 1.165) is 38.0 Å². The van der Waals surface area contributed by atoms with E-state index in [1.54, 1.807) is 0 Å². The summed E-state index contributed by atoms with van der Waals surface area (Å²) in [7, 11) is 0. The van der Waals surface area contributed by atoms with E-state index in [9.17, 15) is 4.79 Å². The fourth-order valence-corrected chi connectivity index (χ4v) is 2.85. The minimum atomic E-state index is -0.00258. The molecule has 0 saturated heterocycles. The molecule has 0 radical (unpaired) electrons. The SMILES string of the molecule is CCCCC(=O)Nc1ccc(N2CCCc3ccccc32)nn1. The van der Waals surface area contributed by atoms with Gasteiger partial charge >= 0.3 is 0 Å². The van der Waals surface area contributed by atoms with Gasteiger partial charge in [0.05, 0.1) is 0 Å². The Morgan fingerprint density at radius 3 is 2.87 bits per heavy atom. The molecular weight excluding hydrogens is 288 g/mol. The molecular formula is C18H22N4O. The predicted molar refractivity (Wildman–Crippen MR) is 92.0 cm³/mol. The van der Waals surface area contributed by atoms with Crippen LogP contribution in [0.1, 0.15) is 38.2 Å². The third kappa shape index (κ3) is 3.67. The number of rotatable bonds is 5. The van der Waals surface area contributed by atoms with Gasteiger partial charge in [-0.2, -0.15) is 0 Å². The Labute approximate surface area is 136 Å². The normalized spacial score (nSPS) is 13.5. The number of amides is 1. The standard InChI is InChI=1S/C18H22N4O/c1-2-3-10-18(23)19-16-11-12-17(21-20-16)22-13-6-8-14-7-4-5-9-15(14)22/h4-5,7,9,11-12H,2-3,6,8,10,13H2,1H3,(H,19,20,23). The first-order valence-electron chi connectivity index (χ1n) is 8.27. The molecule has 120 valence electrons. The van der Waals surface area contributed by atoms with Gasteiger partial charge in [-0.3, -0.25) is 4.79 Å². The average Bonchev–Trinajstić information content (AvgIpc) is 2.60. The molecule has 5 nitrogen and oxygen atoms in total. The Morgan fingerprint density at radius 1 is 1.22 bits per heavy atom. The van der Waals surface area contributed by atoms with E-state index in [1.165, 1.54) is 11.3 Å². The number of carbonyl (C=O) groups is 1. The van der Waals surface area contributed by atoms with E-state index in [4.69, 9.17) is 0 Å². The number of nitrogens with one attached hydrogen (secondary N) is 1. The van der Waals surface area contributed by atoms with Gasteiger partial charge in [-0.05, 0) is 43.0 Å². The number of hydrogen-bond acceptors (Lipinski definition) is 4. The summed E-state index contributed by atoms with van der Waals surface area (Å²) in [6.45, 7) is 3.01. The van der Waals surface area contributed by atoms with Crippen molar-refractivity contribution < 1.29 is 4.79 Å². The number of unbranched alkanes of at least 4 members (excludes halogenated alkanes) is 1. The van der Waals surface area contributed by atoms with Gasteiger partial charge in [0.15, 0.2) is 11.6 Å². The highest BCUT2D eigenvalue weighted by Gasteiger charge is 2.19. The Kier molecular flexibility index (Phi) is 4.86. The highest BCUT2D eigenvalue weighted by molar-refractivity contribution is 5.89. The highest BCUT2D eigenvalue weighted by atomic mass is 16.1. The number of anilines is 3. The Morgan fingerprint density at radius 2 is 2.09 bits per heavy atom. The molecule has 0 atom stereocenters. The molecule has 5 heteroatoms. The maximum atomic E-state index is 11.7. The predicted octanol–water partition coefficient (Wildman–Crippen LogP) is 3.69. The van der Waals surface area contributed by atoms with E-state index in [-0.39, 0.29) is 5.91 Å². The third-order valence-corrected chi connectivity index (χ3v) is 4.06. The van der Waals surface area contributed by atoms with Crippen LogP contribution < -0.4 is 10.2 Å². The Bertz CT molecular complexity index is 669. The van der Waals surface area contributed by atoms with Crippen LogP contribution in [0.4, 0.5) is 17.3 Å². The van der Waals surface area contributed by atoms with Gasteiger partial charge in [-0.15, -0.1) is 10.2 Å². The largest absolute Gasteiger partial charge is 0.325 e. The topological polar surface area (TPSA) is 58.1 Å². The van der Waals surface area contributed by atoms with E-state index in [0.29, 0.717) is 12.2 Å². The quantitative estimate of drug-likeness (QED) is 0.915. The number of para-hydroxylation sites is 1. The molecule has 23 heavy (non-hydrogen) atoms. The zero-order valence-corrected chi connectivity index (χ0v) is 13.5. The van der Waals surface area contributed by atoms with Crippen molar-refractivity contribution in [3.8, 4) is 0 Å². The zero-order valence-electron chi connectivity index (χ0n) is 13.5. The van der Waals surface area contributed by atoms with Crippen LogP contribution in [0.15, 0.2) is 36.4 Å². The zero-order chi connectivity index (χ0) is 16.1. The molecule has 0 saturated carbocycles. The van der Waals surface area contributed by atoms with Crippen LogP contribution in [-0.2, 0) is 11.2 Å². The number of hydrogen-bond donors (Lipinski definition) is 1. The molecule has 2 heterocycles. The van der Waals surface area contributed by atoms with Crippen molar-refractivity contribution in [1.82, 2.24) is 10.2 Å². The molecule has 1 amide bonds. The van der Waals surface area contributed by atoms with Crippen LogP contribution in [0.3, 0.4) is 0 Å². The second-order valence-corrected chi connectivity index (χ2v) is 5.81. The lowest BCUT2D eigenvalue weighted by atomic mass is 10.0. The first-order valence-corrected chi connectivity index (χ1v) is 8.27. The molecule has 1 N–H and O–H groups in total. The van der Waals surface area contributed by atoms with Gasteiger partial charge in [0.2, 0.25) is 5.91 Å². The smallest absolute Gasteiger partial charge is 0.225 e. The van der Waals surface area contributed by atoms with Crippen LogP contribution in [0, 0.1) is 0 Å². The molecule has 0 bridgehead atoms. The fraction of sp³-hybridized carbons (Fsp3) is 0.389. The number of nitrogens with zero attached hydrogens (tertiary/aromatic N) is 3. The van der Waals surface area contributed by atoms with Gasteiger partial charge in [0, 0.05) is 18.7 Å². The van der Waals surface area contributed by atoms with Crippen molar-refractivity contribution in [3.05, 3.63) is 42.0 Å². The maximum Gasteiger partial charge on any atom is 0.225 e. The monoisotopic (exact) mass is 310 g/mol. The van der Waals surface area contributed by atoms with Crippen molar-refractivity contribution in [2.24, 2.45) is 0 Å². The van der Waals surface area contributed by atoms with E-state index >= 15 is 0 Å². The lowest BCUT2D eigenvalue weighted by Crippen LogP contribution is -2.25. The average molecular weight is 310 g/mol. The number of aromatic nitrogens is 2. The van der Waals surface area contributed by atoms with Crippen LogP contribution in [0.25, 0.3) is 0 Å². The molecule has 1 aliphatic rings. The summed E-state index contributed by atoms with van der Waals surface area (Å²) in [5, 5.41) is 11.2. The number of carbonyl (C=O) groups excluding carboxylic acids is 1. The number of benzene rings is 1. The fourth-order valence-electron chi connectivity index (χ4n) is 2.85. The summed E-state index contributed by atoms with van der Waals surface area (Å²) in [6.07, 6.45) is 4.63. The summed E-state index contributed by atoms with van der Waals surface area (Å²) in [4.78, 5) is 13.9. The van der Waals surface area contributed by atoms with Crippen LogP contribution in [-0.4, -0.2) is 22.6 Å². The minimum Gasteiger partial charge on any atom is -0.325 e. The summed E-state index contributed by atoms with van der Waals surface area (Å²) in [6, 6.07) is 12.2. The highest BCUT2D eigenvalue weighted by Crippen LogP contribution is 2.31. The second kappa shape index (κ2) is 7.22. The summed E-state index contributed by atoms with van der Waals surface area (Å²) < 4.78 is 0. The van der Waals surface area contributed by atoms with Crippen molar-refractivity contribution in [2.75, 3.05) is 16.8 Å². The molecule has 0 unspecified atom stereocenters. The summed E-state index contributed by atoms with van der Waals surface area (Å²) in [5.41, 5.74) is 2.55. The van der Waals surface area contributed by atoms with Crippen LogP contribution in [0.2, 0.25) is 0 Å². The Hall–Kier alpha value is -2.43. The maximum absolute atomic E-state index is 11.7. The first kappa shape index (κ1) is 15.5. The first-order chi connectivity index (χ1) is 11.3. The lowest BCUT2D eigenvalue weighted by molar-refractivity contribution is -0.116. The van der Waals surface area contributed by atoms with E-state index in [1.807, 2.05) is 18.2 Å². The number of fused-ring (bicyclic) bond motifs is 1. The molecule has 1 aromatic carbocycles. The van der Waals surface area contributed by atoms with Crippen molar-refractivity contribution in [3.63, 3.8) is 0 Å². The van der Waals surface area contributed by atoms with Crippen molar-refractivity contribution >= 4 is 23.2 Å². The van der Waals surface area contributed by atoms with Gasteiger partial charge in [-0.25, -0.2) is 0 Å². The summed E-state index contributed by atoms with van der Waals surface area (Å²) in [5.74, 6) is 1.33. The van der Waals surface area contributed by atoms with Gasteiger partial charge in [0.1, 0.15) is 0 Å². The molecule has 1 aromatic heterocycles. The van der Waals surface area contributed by atoms with Gasteiger partial charge in [-0.1, -0.05) is 31.5 Å². The van der Waals surface area contributed by atoms with Crippen molar-refractivity contribution in [1.29, 1.82) is 0 Å². The lowest BCUT2D eigenvalue weighted by Gasteiger charge is -2.29. The van der Waals surface area contributed by atoms with Crippen molar-refractivity contribution in [2.45, 2.75) is 39.0 Å². The second-order valence-electron chi connectivity index (χ2n) is 5.81. The van der Waals surface area contributed by atoms with Gasteiger partial charge < -0.3 is 10.2 Å². The molecule has 0 fully saturated rings. The molecule has 3 rings (SSSR count).